The van der Waals surface area contributed by atoms with Gasteiger partial charge in [0.05, 0.1) is 32.2 Å². The van der Waals surface area contributed by atoms with Crippen LogP contribution in [-0.4, -0.2) is 44.1 Å². The summed E-state index contributed by atoms with van der Waals surface area (Å²) < 4.78 is 43.3. The maximum atomic E-state index is 12.7. The number of anilines is 1. The highest BCUT2D eigenvalue weighted by atomic mass is 35.5. The summed E-state index contributed by atoms with van der Waals surface area (Å²) in [5, 5.41) is 0.534. The van der Waals surface area contributed by atoms with E-state index in [1.165, 1.54) is 13.2 Å². The van der Waals surface area contributed by atoms with E-state index in [1.54, 1.807) is 23.1 Å². The zero-order chi connectivity index (χ0) is 20.3. The summed E-state index contributed by atoms with van der Waals surface area (Å²) in [7, 11) is 1.54. The molecule has 3 rings (SSSR count). The molecule has 0 spiro atoms. The first-order chi connectivity index (χ1) is 13.3. The molecule has 1 aromatic carbocycles. The number of pyridine rings is 1. The van der Waals surface area contributed by atoms with Crippen LogP contribution in [-0.2, 0) is 17.4 Å². The zero-order valence-corrected chi connectivity index (χ0v) is 16.0. The van der Waals surface area contributed by atoms with E-state index < -0.39 is 11.7 Å². The summed E-state index contributed by atoms with van der Waals surface area (Å²) in [6.45, 7) is 2.02. The Kier molecular flexibility index (Phi) is 5.98. The summed E-state index contributed by atoms with van der Waals surface area (Å²) in [4.78, 5) is 19.0. The van der Waals surface area contributed by atoms with Crippen LogP contribution in [0.2, 0.25) is 5.02 Å². The van der Waals surface area contributed by atoms with Crippen molar-refractivity contribution < 1.29 is 27.7 Å². The van der Waals surface area contributed by atoms with Gasteiger partial charge < -0.3 is 9.64 Å². The minimum absolute atomic E-state index is 0.0448. The van der Waals surface area contributed by atoms with Crippen LogP contribution in [0.1, 0.15) is 11.1 Å². The Labute approximate surface area is 165 Å². The van der Waals surface area contributed by atoms with E-state index in [1.807, 2.05) is 4.90 Å². The number of carbonyl (C=O) groups excluding carboxylic acids is 1. The zero-order valence-electron chi connectivity index (χ0n) is 15.2. The number of ether oxygens (including phenoxy) is 1. The maximum Gasteiger partial charge on any atom is 0.419 e. The Morgan fingerprint density at radius 3 is 2.46 bits per heavy atom. The van der Waals surface area contributed by atoms with Crippen molar-refractivity contribution in [2.24, 2.45) is 0 Å². The van der Waals surface area contributed by atoms with Crippen LogP contribution in [0.15, 0.2) is 36.5 Å². The first kappa shape index (κ1) is 20.3. The molecule has 0 saturated carbocycles. The Balaban J connectivity index is 1.59. The van der Waals surface area contributed by atoms with E-state index in [2.05, 4.69) is 4.98 Å². The largest absolute Gasteiger partial charge is 0.496 e. The van der Waals surface area contributed by atoms with Gasteiger partial charge in [0.1, 0.15) is 25.0 Å². The summed E-state index contributed by atoms with van der Waals surface area (Å²) in [5.41, 5.74) is -0.000893. The molecule has 2 aromatic rings. The normalized spacial score (nSPS) is 14.9. The maximum absolute atomic E-state index is 12.7. The SMILES string of the molecule is COc1ccc(Cl)cc1CC(=O)N1CCN(c2ccc(C(F)(F)F)c[nH+]2)CC1. The number of halogens is 4. The van der Waals surface area contributed by atoms with Gasteiger partial charge in [0, 0.05) is 16.7 Å². The number of methoxy groups -OCH3 is 1. The van der Waals surface area contributed by atoms with Gasteiger partial charge in [-0.3, -0.25) is 9.69 Å². The van der Waals surface area contributed by atoms with Crippen LogP contribution < -0.4 is 14.6 Å². The molecule has 1 fully saturated rings. The number of alkyl halides is 3. The molecule has 0 atom stereocenters. The van der Waals surface area contributed by atoms with Crippen LogP contribution in [0.25, 0.3) is 0 Å². The lowest BCUT2D eigenvalue weighted by Gasteiger charge is -2.31. The average Bonchev–Trinajstić information content (AvgIpc) is 2.68. The van der Waals surface area contributed by atoms with Crippen molar-refractivity contribution in [3.8, 4) is 5.75 Å². The molecule has 28 heavy (non-hydrogen) atoms. The highest BCUT2D eigenvalue weighted by molar-refractivity contribution is 6.30. The first-order valence-electron chi connectivity index (χ1n) is 8.72. The lowest BCUT2D eigenvalue weighted by molar-refractivity contribution is -0.367. The van der Waals surface area contributed by atoms with Gasteiger partial charge in [-0.1, -0.05) is 11.6 Å². The smallest absolute Gasteiger partial charge is 0.419 e. The van der Waals surface area contributed by atoms with Crippen molar-refractivity contribution in [2.45, 2.75) is 12.6 Å². The highest BCUT2D eigenvalue weighted by Crippen LogP contribution is 2.28. The number of carbonyl (C=O) groups is 1. The molecule has 1 aromatic heterocycles. The molecule has 150 valence electrons. The number of hydrogen-bond donors (Lipinski definition) is 0. The number of rotatable bonds is 4. The van der Waals surface area contributed by atoms with Crippen LogP contribution in [0.3, 0.4) is 0 Å². The van der Waals surface area contributed by atoms with Crippen molar-refractivity contribution >= 4 is 23.3 Å². The molecule has 0 aliphatic carbocycles. The van der Waals surface area contributed by atoms with Gasteiger partial charge in [-0.05, 0) is 24.3 Å². The Morgan fingerprint density at radius 1 is 1.18 bits per heavy atom. The number of nitrogens with zero attached hydrogens (tertiary/aromatic N) is 2. The number of aromatic nitrogens is 1. The van der Waals surface area contributed by atoms with Crippen LogP contribution in [0.4, 0.5) is 19.0 Å². The number of aromatic amines is 1. The minimum Gasteiger partial charge on any atom is -0.496 e. The first-order valence-corrected chi connectivity index (χ1v) is 9.10. The molecule has 1 N–H and O–H groups in total. The monoisotopic (exact) mass is 414 g/mol. The van der Waals surface area contributed by atoms with Gasteiger partial charge in [-0.25, -0.2) is 4.98 Å². The molecule has 2 heterocycles. The fourth-order valence-corrected chi connectivity index (χ4v) is 3.34. The van der Waals surface area contributed by atoms with E-state index in [-0.39, 0.29) is 12.3 Å². The average molecular weight is 415 g/mol. The second-order valence-electron chi connectivity index (χ2n) is 6.46. The molecule has 0 radical (unpaired) electrons. The van der Waals surface area contributed by atoms with Crippen molar-refractivity contribution in [3.05, 3.63) is 52.7 Å². The fraction of sp³-hybridized carbons (Fsp3) is 0.368. The number of H-pyrrole nitrogens is 1. The van der Waals surface area contributed by atoms with Gasteiger partial charge in [-0.15, -0.1) is 0 Å². The highest BCUT2D eigenvalue weighted by Gasteiger charge is 2.33. The molecule has 5 nitrogen and oxygen atoms in total. The van der Waals surface area contributed by atoms with E-state index in [9.17, 15) is 18.0 Å². The van der Waals surface area contributed by atoms with Crippen LogP contribution >= 0.6 is 11.6 Å². The number of benzene rings is 1. The van der Waals surface area contributed by atoms with Crippen molar-refractivity contribution in [1.82, 2.24) is 4.90 Å². The van der Waals surface area contributed by atoms with Crippen molar-refractivity contribution in [1.29, 1.82) is 0 Å². The molecule has 0 unspecified atom stereocenters. The number of nitrogens with one attached hydrogen (secondary N) is 1. The van der Waals surface area contributed by atoms with Gasteiger partial charge in [0.15, 0.2) is 0 Å². The van der Waals surface area contributed by atoms with Crippen molar-refractivity contribution in [3.63, 3.8) is 0 Å². The lowest BCUT2D eigenvalue weighted by atomic mass is 10.1. The quantitative estimate of drug-likeness (QED) is 0.772. The van der Waals surface area contributed by atoms with Gasteiger partial charge in [0.25, 0.3) is 5.82 Å². The third-order valence-electron chi connectivity index (χ3n) is 4.68. The Morgan fingerprint density at radius 2 is 1.89 bits per heavy atom. The molecular formula is C19H20ClF3N3O2+. The predicted molar refractivity (Wildman–Crippen MR) is 98.5 cm³/mol. The predicted octanol–water partition coefficient (Wildman–Crippen LogP) is 3.07. The van der Waals surface area contributed by atoms with E-state index in [4.69, 9.17) is 16.3 Å². The summed E-state index contributed by atoms with van der Waals surface area (Å²) in [5.74, 6) is 1.16. The lowest BCUT2D eigenvalue weighted by Crippen LogP contribution is -2.50. The molecule has 1 amide bonds. The van der Waals surface area contributed by atoms with Gasteiger partial charge in [0.2, 0.25) is 5.91 Å². The molecule has 0 bridgehead atoms. The van der Waals surface area contributed by atoms with Crippen LogP contribution in [0, 0.1) is 0 Å². The van der Waals surface area contributed by atoms with Gasteiger partial charge >= 0.3 is 6.18 Å². The topological polar surface area (TPSA) is 46.9 Å². The summed E-state index contributed by atoms with van der Waals surface area (Å²) in [6.07, 6.45) is -3.24. The van der Waals surface area contributed by atoms with Gasteiger partial charge in [-0.2, -0.15) is 13.2 Å². The third-order valence-corrected chi connectivity index (χ3v) is 4.92. The second kappa shape index (κ2) is 8.26. The second-order valence-corrected chi connectivity index (χ2v) is 6.90. The Bertz CT molecular complexity index is 835. The third kappa shape index (κ3) is 4.67. The molecule has 9 heteroatoms. The summed E-state index contributed by atoms with van der Waals surface area (Å²) in [6, 6.07) is 7.61. The van der Waals surface area contributed by atoms with Crippen molar-refractivity contribution in [2.75, 3.05) is 38.2 Å². The summed E-state index contributed by atoms with van der Waals surface area (Å²) >= 11 is 6.01. The molecule has 1 aliphatic heterocycles. The molecule has 1 saturated heterocycles. The molecular weight excluding hydrogens is 395 g/mol. The fourth-order valence-electron chi connectivity index (χ4n) is 3.15. The standard InChI is InChI=1S/C19H19ClF3N3O2/c1-28-16-4-3-15(20)10-13(16)11-18(27)26-8-6-25(7-9-26)17-5-2-14(12-24-17)19(21,22)23/h2-5,10,12H,6-9,11H2,1H3/p+1. The van der Waals surface area contributed by atoms with E-state index in [0.717, 1.165) is 17.8 Å². The van der Waals surface area contributed by atoms with E-state index >= 15 is 0 Å². The van der Waals surface area contributed by atoms with Crippen LogP contribution in [0.5, 0.6) is 5.75 Å². The number of amides is 1. The minimum atomic E-state index is -4.37. The number of piperazine rings is 1. The number of hydrogen-bond acceptors (Lipinski definition) is 3. The Hall–Kier alpha value is -2.48. The molecule has 1 aliphatic rings. The van der Waals surface area contributed by atoms with E-state index in [0.29, 0.717) is 42.8 Å².